The molecule has 3 aliphatic heterocycles. The van der Waals surface area contributed by atoms with Gasteiger partial charge in [-0.2, -0.15) is 0 Å². The van der Waals surface area contributed by atoms with Gasteiger partial charge in [0.15, 0.2) is 23.0 Å². The van der Waals surface area contributed by atoms with Crippen LogP contribution < -0.4 is 14.2 Å². The molecule has 12 nitrogen and oxygen atoms in total. The lowest BCUT2D eigenvalue weighted by molar-refractivity contribution is -0.219. The number of rotatable bonds is 2. The minimum Gasteiger partial charge on any atom is -0.508 e. The van der Waals surface area contributed by atoms with Crippen molar-refractivity contribution < 1.29 is 60.2 Å². The Morgan fingerprint density at radius 2 is 1.31 bits per heavy atom. The summed E-state index contributed by atoms with van der Waals surface area (Å²) in [5.74, 6) is -6.11. The van der Waals surface area contributed by atoms with Crippen molar-refractivity contribution in [2.45, 2.75) is 36.4 Å². The first-order chi connectivity index (χ1) is 20.0. The van der Waals surface area contributed by atoms with Gasteiger partial charge in [0.25, 0.3) is 0 Å². The molecule has 0 saturated carbocycles. The van der Waals surface area contributed by atoms with Gasteiger partial charge in [0.1, 0.15) is 46.7 Å². The van der Waals surface area contributed by atoms with E-state index in [0.29, 0.717) is 5.56 Å². The van der Waals surface area contributed by atoms with Crippen LogP contribution in [0.15, 0.2) is 54.6 Å². The van der Waals surface area contributed by atoms with E-state index in [1.54, 1.807) is 0 Å². The Hall–Kier alpha value is -5.20. The molecule has 0 amide bonds. The molecule has 0 fully saturated rings. The molecule has 0 aromatic heterocycles. The van der Waals surface area contributed by atoms with Crippen LogP contribution in [0.3, 0.4) is 0 Å². The van der Waals surface area contributed by atoms with Gasteiger partial charge in [-0.1, -0.05) is 6.07 Å². The van der Waals surface area contributed by atoms with Crippen molar-refractivity contribution in [3.63, 3.8) is 0 Å². The molecule has 0 spiro atoms. The van der Waals surface area contributed by atoms with Gasteiger partial charge in [-0.25, -0.2) is 0 Å². The maximum Gasteiger partial charge on any atom is 0.305 e. The lowest BCUT2D eigenvalue weighted by atomic mass is 9.74. The Labute approximate surface area is 236 Å². The van der Waals surface area contributed by atoms with Crippen molar-refractivity contribution in [2.75, 3.05) is 0 Å². The van der Waals surface area contributed by atoms with E-state index in [1.807, 2.05) is 0 Å². The third-order valence-corrected chi connectivity index (χ3v) is 8.03. The highest BCUT2D eigenvalue weighted by atomic mass is 16.7. The molecule has 3 heterocycles. The Morgan fingerprint density at radius 3 is 2.00 bits per heavy atom. The highest BCUT2D eigenvalue weighted by Crippen LogP contribution is 2.62. The largest absolute Gasteiger partial charge is 0.508 e. The summed E-state index contributed by atoms with van der Waals surface area (Å²) in [6.45, 7) is 0. The number of phenols is 7. The Balaban J connectivity index is 1.47. The summed E-state index contributed by atoms with van der Waals surface area (Å²) in [6.07, 6.45) is -4.00. The third-order valence-electron chi connectivity index (χ3n) is 8.03. The fraction of sp³-hybridized carbons (Fsp3) is 0.200. The predicted octanol–water partition coefficient (Wildman–Crippen LogP) is 2.79. The lowest BCUT2D eigenvalue weighted by Crippen LogP contribution is -2.57. The molecule has 42 heavy (non-hydrogen) atoms. The fourth-order valence-corrected chi connectivity index (χ4v) is 6.09. The first-order valence-corrected chi connectivity index (χ1v) is 12.9. The molecule has 1 unspecified atom stereocenters. The summed E-state index contributed by atoms with van der Waals surface area (Å²) in [5, 5.41) is 95.1. The summed E-state index contributed by atoms with van der Waals surface area (Å²) < 4.78 is 18.6. The van der Waals surface area contributed by atoms with Crippen LogP contribution in [0.4, 0.5) is 0 Å². The van der Waals surface area contributed by atoms with Gasteiger partial charge in [-0.3, -0.25) is 0 Å². The average Bonchev–Trinajstić information content (AvgIpc) is 2.92. The van der Waals surface area contributed by atoms with Crippen molar-refractivity contribution in [3.05, 3.63) is 82.4 Å². The van der Waals surface area contributed by atoms with Gasteiger partial charge in [0, 0.05) is 46.9 Å². The summed E-state index contributed by atoms with van der Waals surface area (Å²) in [7, 11) is 0. The van der Waals surface area contributed by atoms with Crippen molar-refractivity contribution >= 4 is 0 Å². The van der Waals surface area contributed by atoms with Crippen LogP contribution in [0.5, 0.6) is 57.5 Å². The Kier molecular flexibility index (Phi) is 5.30. The van der Waals surface area contributed by atoms with Crippen LogP contribution in [0.2, 0.25) is 0 Å². The molecule has 3 aliphatic rings. The summed E-state index contributed by atoms with van der Waals surface area (Å²) in [6, 6.07) is 11.1. The number of ether oxygens (including phenoxy) is 3. The topological polar surface area (TPSA) is 210 Å². The summed E-state index contributed by atoms with van der Waals surface area (Å²) in [4.78, 5) is 0. The number of hydrogen-bond donors (Lipinski definition) is 9. The molecule has 0 radical (unpaired) electrons. The van der Waals surface area contributed by atoms with Gasteiger partial charge < -0.3 is 60.2 Å². The number of phenolic OH excluding ortho intramolecular Hbond substituents is 7. The summed E-state index contributed by atoms with van der Waals surface area (Å²) in [5.41, 5.74) is 0.842. The number of hydrogen-bond acceptors (Lipinski definition) is 12. The van der Waals surface area contributed by atoms with Crippen molar-refractivity contribution in [2.24, 2.45) is 0 Å². The Morgan fingerprint density at radius 1 is 0.643 bits per heavy atom. The van der Waals surface area contributed by atoms with Crippen LogP contribution >= 0.6 is 0 Å². The molecular formula is C30H24O12. The van der Waals surface area contributed by atoms with Gasteiger partial charge in [-0.05, 0) is 35.9 Å². The number of fused-ring (bicyclic) bond motifs is 8. The molecule has 0 saturated heterocycles. The van der Waals surface area contributed by atoms with Crippen LogP contribution in [0.1, 0.15) is 39.8 Å². The maximum absolute atomic E-state index is 11.9. The molecule has 5 atom stereocenters. The van der Waals surface area contributed by atoms with Crippen LogP contribution in [0.25, 0.3) is 0 Å². The van der Waals surface area contributed by atoms with E-state index in [2.05, 4.69) is 0 Å². The molecule has 4 aromatic carbocycles. The van der Waals surface area contributed by atoms with Crippen LogP contribution in [-0.2, 0) is 12.2 Å². The van der Waals surface area contributed by atoms with E-state index in [4.69, 9.17) is 14.2 Å². The minimum absolute atomic E-state index is 0.0177. The molecule has 12 heteroatoms. The first kappa shape index (κ1) is 25.7. The van der Waals surface area contributed by atoms with Gasteiger partial charge >= 0.3 is 5.79 Å². The molecular weight excluding hydrogens is 552 g/mol. The normalized spacial score (nSPS) is 25.2. The standard InChI is InChI=1S/C30H24O12/c31-13-7-20(37)24-22(8-13)41-30(12-2-4-16(33)19(36)6-12)29(39)26(24)25-23(42-30)10-17(34)14-9-21(38)27(40-28(14)25)11-1-3-15(32)18(35)5-11/h1-8,10,21,26-27,29,31-39H,9H2/t21-,26-,27-,29?,30+/m1/s1. The third kappa shape index (κ3) is 3.49. The first-order valence-electron chi connectivity index (χ1n) is 12.9. The fourth-order valence-electron chi connectivity index (χ4n) is 6.09. The second kappa shape index (κ2) is 8.65. The average molecular weight is 577 g/mol. The number of aromatic hydroxyl groups is 7. The molecule has 216 valence electrons. The SMILES string of the molecule is Oc1cc(O)c2c(c1)O[C@@]1(c3ccc(O)c(O)c3)Oc3cc(O)c4c(c3[C@@H]2C1O)O[C@H](c1ccc(O)c(O)c1)[C@H](O)C4. The monoisotopic (exact) mass is 576 g/mol. The van der Waals surface area contributed by atoms with Crippen LogP contribution in [-0.4, -0.2) is 58.2 Å². The van der Waals surface area contributed by atoms with Crippen molar-refractivity contribution in [3.8, 4) is 57.5 Å². The zero-order valence-corrected chi connectivity index (χ0v) is 21.5. The van der Waals surface area contributed by atoms with Gasteiger partial charge in [-0.15, -0.1) is 0 Å². The van der Waals surface area contributed by atoms with Gasteiger partial charge in [0.2, 0.25) is 0 Å². The second-order valence-electron chi connectivity index (χ2n) is 10.5. The maximum atomic E-state index is 11.9. The molecule has 2 bridgehead atoms. The zero-order chi connectivity index (χ0) is 29.7. The van der Waals surface area contributed by atoms with E-state index >= 15 is 0 Å². The van der Waals surface area contributed by atoms with Crippen molar-refractivity contribution in [1.29, 1.82) is 0 Å². The molecule has 0 aliphatic carbocycles. The zero-order valence-electron chi connectivity index (χ0n) is 21.5. The molecule has 9 N–H and O–H groups in total. The van der Waals surface area contributed by atoms with Crippen molar-refractivity contribution in [1.82, 2.24) is 0 Å². The number of aliphatic hydroxyl groups excluding tert-OH is 2. The summed E-state index contributed by atoms with van der Waals surface area (Å²) >= 11 is 0. The highest BCUT2D eigenvalue weighted by Gasteiger charge is 2.60. The predicted molar refractivity (Wildman–Crippen MR) is 141 cm³/mol. The second-order valence-corrected chi connectivity index (χ2v) is 10.5. The molecule has 7 rings (SSSR count). The smallest absolute Gasteiger partial charge is 0.305 e. The quantitative estimate of drug-likeness (QED) is 0.158. The minimum atomic E-state index is -2.09. The van der Waals surface area contributed by atoms with Gasteiger partial charge in [0.05, 0.1) is 12.0 Å². The Bertz CT molecular complexity index is 1790. The van der Waals surface area contributed by atoms with E-state index in [9.17, 15) is 46.0 Å². The van der Waals surface area contributed by atoms with E-state index in [1.165, 1.54) is 42.5 Å². The molecule has 4 aromatic rings. The van der Waals surface area contributed by atoms with Crippen LogP contribution in [0, 0.1) is 0 Å². The van der Waals surface area contributed by atoms with E-state index < -0.39 is 53.0 Å². The number of aliphatic hydroxyl groups is 2. The highest BCUT2D eigenvalue weighted by molar-refractivity contribution is 5.68. The van der Waals surface area contributed by atoms with E-state index in [-0.39, 0.29) is 63.2 Å². The lowest BCUT2D eigenvalue weighted by Gasteiger charge is -2.50. The number of benzene rings is 4. The van der Waals surface area contributed by atoms with E-state index in [0.717, 1.165) is 12.1 Å².